The lowest BCUT2D eigenvalue weighted by atomic mass is 9.96. The van der Waals surface area contributed by atoms with E-state index >= 15 is 0 Å². The second-order valence-electron chi connectivity index (χ2n) is 4.69. The number of carbonyl (C=O) groups excluding carboxylic acids is 1. The highest BCUT2D eigenvalue weighted by atomic mass is 17.2. The van der Waals surface area contributed by atoms with Gasteiger partial charge in [-0.1, -0.05) is 6.58 Å². The van der Waals surface area contributed by atoms with Gasteiger partial charge in [-0.25, -0.2) is 19.2 Å². The van der Waals surface area contributed by atoms with Gasteiger partial charge in [0.2, 0.25) is 0 Å². The van der Waals surface area contributed by atoms with Crippen LogP contribution in [0.15, 0.2) is 24.3 Å². The number of carboxylic acid groups (broad SMARTS) is 3. The van der Waals surface area contributed by atoms with Crippen LogP contribution in [0, 0.1) is 0 Å². The van der Waals surface area contributed by atoms with Gasteiger partial charge in [0.25, 0.3) is 0 Å². The Balaban J connectivity index is 3.04. The van der Waals surface area contributed by atoms with Crippen LogP contribution in [0.4, 0.5) is 0 Å². The van der Waals surface area contributed by atoms with Crippen molar-refractivity contribution in [3.05, 3.63) is 46.5 Å². The van der Waals surface area contributed by atoms with Gasteiger partial charge in [0.1, 0.15) is 0 Å². The third-order valence-corrected chi connectivity index (χ3v) is 2.87. The van der Waals surface area contributed by atoms with Crippen LogP contribution in [0.1, 0.15) is 43.6 Å². The van der Waals surface area contributed by atoms with E-state index in [0.717, 1.165) is 12.1 Å². The molecule has 0 aliphatic rings. The second-order valence-corrected chi connectivity index (χ2v) is 4.69. The highest BCUT2D eigenvalue weighted by Gasteiger charge is 2.22. The molecule has 3 N–H and O–H groups in total. The molecule has 0 saturated carbocycles. The molecule has 1 rings (SSSR count). The molecule has 0 unspecified atom stereocenters. The van der Waals surface area contributed by atoms with Crippen molar-refractivity contribution in [3.8, 4) is 0 Å². The monoisotopic (exact) mass is 338 g/mol. The van der Waals surface area contributed by atoms with Crippen LogP contribution in [0.5, 0.6) is 0 Å². The minimum atomic E-state index is -1.56. The molecule has 0 spiro atoms. The van der Waals surface area contributed by atoms with Gasteiger partial charge in [0, 0.05) is 12.0 Å². The molecule has 0 heterocycles. The second kappa shape index (κ2) is 7.88. The van der Waals surface area contributed by atoms with Crippen LogP contribution >= 0.6 is 0 Å². The summed E-state index contributed by atoms with van der Waals surface area (Å²) in [5.74, 6) is -5.31. The average Bonchev–Trinajstić information content (AvgIpc) is 2.49. The maximum absolute atomic E-state index is 11.2. The first kappa shape index (κ1) is 18.8. The van der Waals surface area contributed by atoms with Gasteiger partial charge < -0.3 is 15.3 Å². The molecule has 0 amide bonds. The van der Waals surface area contributed by atoms with Gasteiger partial charge in [-0.05, 0) is 24.6 Å². The van der Waals surface area contributed by atoms with E-state index in [1.54, 1.807) is 0 Å². The lowest BCUT2D eigenvalue weighted by Crippen LogP contribution is -2.15. The Kier molecular flexibility index (Phi) is 6.19. The van der Waals surface area contributed by atoms with Crippen molar-refractivity contribution >= 4 is 23.9 Å². The van der Waals surface area contributed by atoms with E-state index in [9.17, 15) is 19.2 Å². The van der Waals surface area contributed by atoms with Crippen molar-refractivity contribution in [1.82, 2.24) is 0 Å². The van der Waals surface area contributed by atoms with Crippen molar-refractivity contribution in [2.24, 2.45) is 0 Å². The Morgan fingerprint density at radius 3 is 1.92 bits per heavy atom. The molecule has 0 saturated heterocycles. The van der Waals surface area contributed by atoms with Crippen molar-refractivity contribution in [3.63, 3.8) is 0 Å². The van der Waals surface area contributed by atoms with Crippen LogP contribution in [-0.2, 0) is 21.0 Å². The molecule has 0 radical (unpaired) electrons. The zero-order valence-corrected chi connectivity index (χ0v) is 12.6. The number of benzene rings is 1. The summed E-state index contributed by atoms with van der Waals surface area (Å²) >= 11 is 0. The van der Waals surface area contributed by atoms with E-state index < -0.39 is 35.0 Å². The van der Waals surface area contributed by atoms with E-state index in [4.69, 9.17) is 15.3 Å². The number of carbonyl (C=O) groups is 4. The minimum absolute atomic E-state index is 0.0243. The smallest absolute Gasteiger partial charge is 0.368 e. The number of hydrogen-bond donors (Lipinski definition) is 3. The average molecular weight is 338 g/mol. The van der Waals surface area contributed by atoms with Crippen LogP contribution in [0.2, 0.25) is 0 Å². The molecule has 9 heteroatoms. The first-order valence-electron chi connectivity index (χ1n) is 6.51. The van der Waals surface area contributed by atoms with E-state index in [1.807, 2.05) is 0 Å². The fraction of sp³-hybridized carbons (Fsp3) is 0.200. The Labute approximate surface area is 135 Å². The van der Waals surface area contributed by atoms with Gasteiger partial charge in [0.05, 0.1) is 23.3 Å². The maximum atomic E-state index is 11.2. The van der Waals surface area contributed by atoms with Crippen molar-refractivity contribution in [1.29, 1.82) is 0 Å². The third-order valence-electron chi connectivity index (χ3n) is 2.87. The molecule has 0 aliphatic carbocycles. The van der Waals surface area contributed by atoms with Gasteiger partial charge >= 0.3 is 23.9 Å². The third kappa shape index (κ3) is 4.65. The Morgan fingerprint density at radius 2 is 1.46 bits per heavy atom. The van der Waals surface area contributed by atoms with Crippen LogP contribution < -0.4 is 0 Å². The normalized spacial score (nSPS) is 10.0. The Hall–Kier alpha value is -3.20. The molecule has 1 aromatic carbocycles. The summed E-state index contributed by atoms with van der Waals surface area (Å²) in [6, 6.07) is 1.71. The zero-order chi connectivity index (χ0) is 18.4. The summed E-state index contributed by atoms with van der Waals surface area (Å²) in [5, 5.41) is 27.2. The van der Waals surface area contributed by atoms with Gasteiger partial charge in [-0.2, -0.15) is 4.89 Å². The Morgan fingerprint density at radius 1 is 0.958 bits per heavy atom. The largest absolute Gasteiger partial charge is 0.478 e. The number of carboxylic acids is 3. The summed E-state index contributed by atoms with van der Waals surface area (Å²) in [7, 11) is 0. The fourth-order valence-electron chi connectivity index (χ4n) is 1.72. The molecule has 0 atom stereocenters. The number of aromatic carboxylic acids is 3. The fourth-order valence-corrected chi connectivity index (χ4v) is 1.72. The number of hydrogen-bond acceptors (Lipinski definition) is 6. The van der Waals surface area contributed by atoms with Crippen LogP contribution in [0.3, 0.4) is 0 Å². The topological polar surface area (TPSA) is 147 Å². The molecule has 9 nitrogen and oxygen atoms in total. The first-order chi connectivity index (χ1) is 11.1. The maximum Gasteiger partial charge on any atom is 0.368 e. The quantitative estimate of drug-likeness (QED) is 0.276. The van der Waals surface area contributed by atoms with E-state index in [2.05, 4.69) is 16.4 Å². The van der Waals surface area contributed by atoms with Crippen molar-refractivity contribution in [2.45, 2.75) is 13.3 Å². The predicted octanol–water partition coefficient (Wildman–Crippen LogP) is 1.37. The molecule has 1 aromatic rings. The highest BCUT2D eigenvalue weighted by molar-refractivity contribution is 6.04. The van der Waals surface area contributed by atoms with Gasteiger partial charge in [0.15, 0.2) is 0 Å². The molecular weight excluding hydrogens is 324 g/mol. The van der Waals surface area contributed by atoms with E-state index in [0.29, 0.717) is 0 Å². The molecule has 0 bridgehead atoms. The standard InChI is InChI=1S/C15H14O9/c1-7(2)15(22)24-23-4-3-8-5-10(13(18)19)11(14(20)21)6-9(8)12(16)17/h5-6H,1,3-4H2,2H3,(H,16,17)(H,18,19)(H,20,21). The van der Waals surface area contributed by atoms with Crippen molar-refractivity contribution < 1.29 is 44.3 Å². The van der Waals surface area contributed by atoms with Crippen LogP contribution in [0.25, 0.3) is 0 Å². The summed E-state index contributed by atoms with van der Waals surface area (Å²) < 4.78 is 0. The summed E-state index contributed by atoms with van der Waals surface area (Å²) in [6.07, 6.45) is -0.120. The Bertz CT molecular complexity index is 718. The minimum Gasteiger partial charge on any atom is -0.478 e. The lowest BCUT2D eigenvalue weighted by molar-refractivity contribution is -0.267. The molecule has 128 valence electrons. The van der Waals surface area contributed by atoms with Gasteiger partial charge in [-0.15, -0.1) is 0 Å². The summed E-state index contributed by atoms with van der Waals surface area (Å²) in [5.41, 5.74) is -1.46. The van der Waals surface area contributed by atoms with Crippen LogP contribution in [-0.4, -0.2) is 45.8 Å². The van der Waals surface area contributed by atoms with Gasteiger partial charge in [-0.3, -0.25) is 4.89 Å². The SMILES string of the molecule is C=C(C)C(=O)OOCCc1cc(C(=O)O)c(C(=O)O)cc1C(=O)O. The zero-order valence-electron chi connectivity index (χ0n) is 12.6. The van der Waals surface area contributed by atoms with E-state index in [-0.39, 0.29) is 29.7 Å². The predicted molar refractivity (Wildman–Crippen MR) is 77.9 cm³/mol. The molecule has 24 heavy (non-hydrogen) atoms. The molecule has 0 aliphatic heterocycles. The lowest BCUT2D eigenvalue weighted by Gasteiger charge is -2.10. The van der Waals surface area contributed by atoms with E-state index in [1.165, 1.54) is 6.92 Å². The van der Waals surface area contributed by atoms with Crippen molar-refractivity contribution in [2.75, 3.05) is 6.61 Å². The molecule has 0 fully saturated rings. The molecule has 0 aromatic heterocycles. The first-order valence-corrected chi connectivity index (χ1v) is 6.51. The summed E-state index contributed by atoms with van der Waals surface area (Å²) in [6.45, 7) is 4.47. The summed E-state index contributed by atoms with van der Waals surface area (Å²) in [4.78, 5) is 53.5. The molecular formula is C15H14O9. The highest BCUT2D eigenvalue weighted by Crippen LogP contribution is 2.19. The number of rotatable bonds is 8.